The highest BCUT2D eigenvalue weighted by molar-refractivity contribution is 5.80. The van der Waals surface area contributed by atoms with Gasteiger partial charge in [0.25, 0.3) is 0 Å². The van der Waals surface area contributed by atoms with E-state index in [0.29, 0.717) is 17.4 Å². The van der Waals surface area contributed by atoms with Gasteiger partial charge in [-0.05, 0) is 36.7 Å². The van der Waals surface area contributed by atoms with E-state index in [0.717, 1.165) is 50.0 Å². The van der Waals surface area contributed by atoms with Gasteiger partial charge in [-0.25, -0.2) is 9.67 Å². The molecule has 0 bridgehead atoms. The van der Waals surface area contributed by atoms with Crippen molar-refractivity contribution in [3.8, 4) is 0 Å². The zero-order valence-electron chi connectivity index (χ0n) is 17.3. The molecule has 2 aliphatic rings. The van der Waals surface area contributed by atoms with Crippen molar-refractivity contribution in [1.29, 1.82) is 0 Å². The summed E-state index contributed by atoms with van der Waals surface area (Å²) >= 11 is 0. The molecule has 0 amide bonds. The molecule has 1 aliphatic heterocycles. The van der Waals surface area contributed by atoms with Gasteiger partial charge in [0.15, 0.2) is 11.8 Å². The topological polar surface area (TPSA) is 67.1 Å². The first-order valence-electron chi connectivity index (χ1n) is 10.5. The largest absolute Gasteiger partial charge is 0.356 e. The van der Waals surface area contributed by atoms with Gasteiger partial charge in [-0.3, -0.25) is 4.99 Å². The molecule has 1 aromatic heterocycles. The third kappa shape index (κ3) is 4.37. The Labute approximate surface area is 167 Å². The Morgan fingerprint density at radius 1 is 1.29 bits per heavy atom. The molecule has 1 fully saturated rings. The van der Waals surface area contributed by atoms with Crippen LogP contribution in [0.15, 0.2) is 35.3 Å². The molecule has 28 heavy (non-hydrogen) atoms. The number of hydrogen-bond acceptors (Lipinski definition) is 3. The van der Waals surface area contributed by atoms with Crippen molar-refractivity contribution in [2.75, 3.05) is 13.6 Å². The van der Waals surface area contributed by atoms with Crippen LogP contribution in [0, 0.1) is 5.41 Å². The van der Waals surface area contributed by atoms with Crippen molar-refractivity contribution >= 4 is 5.96 Å². The highest BCUT2D eigenvalue weighted by Crippen LogP contribution is 2.47. The van der Waals surface area contributed by atoms with Gasteiger partial charge in [-0.15, -0.1) is 0 Å². The van der Waals surface area contributed by atoms with E-state index < -0.39 is 0 Å². The van der Waals surface area contributed by atoms with Crippen LogP contribution in [0.4, 0.5) is 0 Å². The first kappa shape index (κ1) is 19.0. The van der Waals surface area contributed by atoms with Crippen LogP contribution >= 0.6 is 0 Å². The Hall–Kier alpha value is -2.37. The molecule has 1 unspecified atom stereocenters. The van der Waals surface area contributed by atoms with E-state index in [2.05, 4.69) is 74.6 Å². The summed E-state index contributed by atoms with van der Waals surface area (Å²) in [6.45, 7) is 6.11. The Kier molecular flexibility index (Phi) is 5.38. The number of aromatic nitrogens is 3. The molecule has 1 aromatic carbocycles. The number of guanidine groups is 1. The Balaban J connectivity index is 1.30. The van der Waals surface area contributed by atoms with Gasteiger partial charge in [0.2, 0.25) is 0 Å². The summed E-state index contributed by atoms with van der Waals surface area (Å²) in [5.74, 6) is 3.34. The van der Waals surface area contributed by atoms with Crippen LogP contribution in [0.2, 0.25) is 0 Å². The number of nitrogens with one attached hydrogen (secondary N) is 2. The molecule has 1 aliphatic carbocycles. The summed E-state index contributed by atoms with van der Waals surface area (Å²) in [6, 6.07) is 11.1. The summed E-state index contributed by atoms with van der Waals surface area (Å²) in [7, 11) is 1.85. The molecule has 0 radical (unpaired) electrons. The molecule has 6 heteroatoms. The molecule has 2 heterocycles. The highest BCUT2D eigenvalue weighted by Gasteiger charge is 2.42. The van der Waals surface area contributed by atoms with Gasteiger partial charge in [0.1, 0.15) is 5.82 Å². The number of nitrogens with zero attached hydrogens (tertiary/aromatic N) is 4. The van der Waals surface area contributed by atoms with E-state index in [-0.39, 0.29) is 0 Å². The number of aliphatic imine (C=N–C) groups is 1. The first-order chi connectivity index (χ1) is 13.6. The zero-order valence-corrected chi connectivity index (χ0v) is 17.3. The van der Waals surface area contributed by atoms with E-state index >= 15 is 0 Å². The van der Waals surface area contributed by atoms with E-state index in [1.165, 1.54) is 18.4 Å². The predicted octanol–water partition coefficient (Wildman–Crippen LogP) is 2.90. The molecular weight excluding hydrogens is 348 g/mol. The molecule has 0 spiro atoms. The number of rotatable bonds is 6. The van der Waals surface area contributed by atoms with E-state index in [1.807, 2.05) is 7.05 Å². The summed E-state index contributed by atoms with van der Waals surface area (Å²) in [4.78, 5) is 9.14. The second-order valence-corrected chi connectivity index (χ2v) is 8.69. The number of hydrogen-bond donors (Lipinski definition) is 2. The average Bonchev–Trinajstić information content (AvgIpc) is 3.32. The average molecular weight is 381 g/mol. The van der Waals surface area contributed by atoms with Gasteiger partial charge in [-0.1, -0.05) is 44.2 Å². The maximum Gasteiger partial charge on any atom is 0.191 e. The summed E-state index contributed by atoms with van der Waals surface area (Å²) in [5.41, 5.74) is 1.81. The minimum absolute atomic E-state index is 0.338. The lowest BCUT2D eigenvalue weighted by Gasteiger charge is -2.26. The van der Waals surface area contributed by atoms with Crippen molar-refractivity contribution in [2.45, 2.75) is 64.5 Å². The highest BCUT2D eigenvalue weighted by atomic mass is 15.4. The van der Waals surface area contributed by atoms with Crippen molar-refractivity contribution in [3.63, 3.8) is 0 Å². The fraction of sp³-hybridized carbons (Fsp3) is 0.591. The van der Waals surface area contributed by atoms with E-state index in [1.54, 1.807) is 0 Å². The molecular formula is C22H32N6. The third-order valence-corrected chi connectivity index (χ3v) is 5.97. The lowest BCUT2D eigenvalue weighted by atomic mass is 9.96. The van der Waals surface area contributed by atoms with Crippen molar-refractivity contribution in [1.82, 2.24) is 25.4 Å². The molecule has 1 atom stereocenters. The van der Waals surface area contributed by atoms with E-state index in [9.17, 15) is 0 Å². The van der Waals surface area contributed by atoms with Gasteiger partial charge < -0.3 is 10.6 Å². The maximum atomic E-state index is 4.68. The SMILES string of the molecule is CN=C(NCC1(Cc2ccccc2)CC1)NC1CCc2nc(C(C)C)nn2C1. The van der Waals surface area contributed by atoms with Crippen LogP contribution in [-0.2, 0) is 19.4 Å². The Morgan fingerprint density at radius 3 is 2.75 bits per heavy atom. The molecule has 2 N–H and O–H groups in total. The molecule has 4 rings (SSSR count). The third-order valence-electron chi connectivity index (χ3n) is 5.97. The number of benzene rings is 1. The van der Waals surface area contributed by atoms with Crippen molar-refractivity contribution in [2.24, 2.45) is 10.4 Å². The second-order valence-electron chi connectivity index (χ2n) is 8.69. The molecule has 1 saturated carbocycles. The van der Waals surface area contributed by atoms with Crippen LogP contribution in [-0.4, -0.2) is 40.4 Å². The van der Waals surface area contributed by atoms with Gasteiger partial charge in [-0.2, -0.15) is 5.10 Å². The van der Waals surface area contributed by atoms with Crippen LogP contribution in [0.25, 0.3) is 0 Å². The minimum atomic E-state index is 0.338. The predicted molar refractivity (Wildman–Crippen MR) is 113 cm³/mol. The summed E-state index contributed by atoms with van der Waals surface area (Å²) in [6.07, 6.45) is 5.74. The second kappa shape index (κ2) is 7.94. The quantitative estimate of drug-likeness (QED) is 0.597. The van der Waals surface area contributed by atoms with E-state index in [4.69, 9.17) is 0 Å². The Bertz CT molecular complexity index is 819. The minimum Gasteiger partial charge on any atom is -0.356 e. The van der Waals surface area contributed by atoms with Gasteiger partial charge >= 0.3 is 0 Å². The molecule has 150 valence electrons. The molecule has 2 aromatic rings. The fourth-order valence-electron chi connectivity index (χ4n) is 3.97. The van der Waals surface area contributed by atoms with Crippen LogP contribution in [0.1, 0.15) is 56.2 Å². The lowest BCUT2D eigenvalue weighted by Crippen LogP contribution is -2.48. The normalized spacial score (nSPS) is 20.7. The van der Waals surface area contributed by atoms with Crippen molar-refractivity contribution < 1.29 is 0 Å². The lowest BCUT2D eigenvalue weighted by molar-refractivity contribution is 0.389. The van der Waals surface area contributed by atoms with Crippen molar-refractivity contribution in [3.05, 3.63) is 47.5 Å². The fourth-order valence-corrected chi connectivity index (χ4v) is 3.97. The zero-order chi connectivity index (χ0) is 19.6. The smallest absolute Gasteiger partial charge is 0.191 e. The van der Waals surface area contributed by atoms with Gasteiger partial charge in [0, 0.05) is 32.0 Å². The van der Waals surface area contributed by atoms with Crippen LogP contribution in [0.5, 0.6) is 0 Å². The standard InChI is InChI=1S/C22H32N6/c1-16(2)20-26-19-10-9-18(14-28(19)27-20)25-21(23-3)24-15-22(11-12-22)13-17-7-5-4-6-8-17/h4-8,16,18H,9-15H2,1-3H3,(H2,23,24,25). The van der Waals surface area contributed by atoms with Gasteiger partial charge in [0.05, 0.1) is 6.54 Å². The van der Waals surface area contributed by atoms with Crippen LogP contribution in [0.3, 0.4) is 0 Å². The Morgan fingerprint density at radius 2 is 2.07 bits per heavy atom. The summed E-state index contributed by atoms with van der Waals surface area (Å²) < 4.78 is 2.07. The number of aryl methyl sites for hydroxylation is 1. The maximum absolute atomic E-state index is 4.68. The number of fused-ring (bicyclic) bond motifs is 1. The monoisotopic (exact) mass is 380 g/mol. The summed E-state index contributed by atoms with van der Waals surface area (Å²) in [5, 5.41) is 11.9. The van der Waals surface area contributed by atoms with Crippen LogP contribution < -0.4 is 10.6 Å². The first-order valence-corrected chi connectivity index (χ1v) is 10.5. The molecule has 0 saturated heterocycles. The molecule has 6 nitrogen and oxygen atoms in total.